The zero-order valence-corrected chi connectivity index (χ0v) is 14.6. The molecule has 0 aliphatic heterocycles. The van der Waals surface area contributed by atoms with Crippen LogP contribution in [0.4, 0.5) is 0 Å². The molecule has 2 N–H and O–H groups in total. The molecule has 128 valence electrons. The van der Waals surface area contributed by atoms with Gasteiger partial charge in [-0.2, -0.15) is 0 Å². The number of hydrogen-bond acceptors (Lipinski definition) is 3. The maximum absolute atomic E-state index is 12.0. The summed E-state index contributed by atoms with van der Waals surface area (Å²) >= 11 is 0. The van der Waals surface area contributed by atoms with Crippen LogP contribution in [0, 0.1) is 0 Å². The molecule has 0 saturated carbocycles. The van der Waals surface area contributed by atoms with Crippen molar-refractivity contribution in [1.82, 2.24) is 10.0 Å². The van der Waals surface area contributed by atoms with Crippen molar-refractivity contribution in [3.8, 4) is 0 Å². The third kappa shape index (κ3) is 4.43. The SMILES string of the molecule is CNS(=O)(=O)CC(=O)NCC(C)(c1ccccc1)c1ccccc1. The number of hydrogen-bond donors (Lipinski definition) is 2. The van der Waals surface area contributed by atoms with Crippen molar-refractivity contribution in [1.29, 1.82) is 0 Å². The van der Waals surface area contributed by atoms with E-state index in [0.29, 0.717) is 6.54 Å². The van der Waals surface area contributed by atoms with Gasteiger partial charge in [-0.3, -0.25) is 4.79 Å². The molecule has 24 heavy (non-hydrogen) atoms. The van der Waals surface area contributed by atoms with Crippen LogP contribution in [0.25, 0.3) is 0 Å². The fraction of sp³-hybridized carbons (Fsp3) is 0.278. The Morgan fingerprint density at radius 3 is 1.83 bits per heavy atom. The van der Waals surface area contributed by atoms with Gasteiger partial charge >= 0.3 is 0 Å². The summed E-state index contributed by atoms with van der Waals surface area (Å²) in [5.41, 5.74) is 1.64. The Hall–Kier alpha value is -2.18. The van der Waals surface area contributed by atoms with Gasteiger partial charge in [0.15, 0.2) is 0 Å². The standard InChI is InChI=1S/C18H22N2O3S/c1-18(15-9-5-3-6-10-15,16-11-7-4-8-12-16)14-20-17(21)13-24(22,23)19-2/h3-12,19H,13-14H2,1-2H3,(H,20,21). The second-order valence-corrected chi connectivity index (χ2v) is 7.73. The first-order valence-corrected chi connectivity index (χ1v) is 9.31. The molecular weight excluding hydrogens is 324 g/mol. The molecule has 0 heterocycles. The van der Waals surface area contributed by atoms with E-state index in [1.54, 1.807) is 0 Å². The molecular formula is C18H22N2O3S. The lowest BCUT2D eigenvalue weighted by molar-refractivity contribution is -0.118. The van der Waals surface area contributed by atoms with Crippen molar-refractivity contribution in [2.24, 2.45) is 0 Å². The number of sulfonamides is 1. The van der Waals surface area contributed by atoms with Crippen LogP contribution >= 0.6 is 0 Å². The van der Waals surface area contributed by atoms with Gasteiger partial charge in [0.25, 0.3) is 0 Å². The quantitative estimate of drug-likeness (QED) is 0.801. The molecule has 0 unspecified atom stereocenters. The van der Waals surface area contributed by atoms with Gasteiger partial charge in [-0.15, -0.1) is 0 Å². The maximum atomic E-state index is 12.0. The lowest BCUT2D eigenvalue weighted by atomic mass is 9.76. The van der Waals surface area contributed by atoms with Gasteiger partial charge in [-0.25, -0.2) is 13.1 Å². The van der Waals surface area contributed by atoms with E-state index in [9.17, 15) is 13.2 Å². The fourth-order valence-corrected chi connectivity index (χ4v) is 3.15. The minimum Gasteiger partial charge on any atom is -0.354 e. The molecule has 2 aromatic carbocycles. The number of carbonyl (C=O) groups excluding carboxylic acids is 1. The molecule has 5 nitrogen and oxygen atoms in total. The summed E-state index contributed by atoms with van der Waals surface area (Å²) in [6, 6.07) is 19.7. The van der Waals surface area contributed by atoms with Crippen molar-refractivity contribution >= 4 is 15.9 Å². The molecule has 0 aromatic heterocycles. The van der Waals surface area contributed by atoms with E-state index in [-0.39, 0.29) is 0 Å². The van der Waals surface area contributed by atoms with Crippen LogP contribution in [-0.2, 0) is 20.2 Å². The van der Waals surface area contributed by atoms with Gasteiger partial charge < -0.3 is 5.32 Å². The summed E-state index contributed by atoms with van der Waals surface area (Å²) in [4.78, 5) is 12.0. The smallest absolute Gasteiger partial charge is 0.236 e. The molecule has 2 aromatic rings. The van der Waals surface area contributed by atoms with Gasteiger partial charge in [-0.1, -0.05) is 60.7 Å². The van der Waals surface area contributed by atoms with Crippen molar-refractivity contribution < 1.29 is 13.2 Å². The molecule has 1 amide bonds. The largest absolute Gasteiger partial charge is 0.354 e. The van der Waals surface area contributed by atoms with E-state index in [1.807, 2.05) is 67.6 Å². The molecule has 0 atom stereocenters. The van der Waals surface area contributed by atoms with Gasteiger partial charge in [0.2, 0.25) is 15.9 Å². The van der Waals surface area contributed by atoms with Crippen LogP contribution in [0.5, 0.6) is 0 Å². The van der Waals surface area contributed by atoms with E-state index in [2.05, 4.69) is 10.0 Å². The highest BCUT2D eigenvalue weighted by Gasteiger charge is 2.29. The Kier molecular flexibility index (Phi) is 5.75. The van der Waals surface area contributed by atoms with E-state index >= 15 is 0 Å². The summed E-state index contributed by atoms with van der Waals surface area (Å²) in [6.07, 6.45) is 0. The van der Waals surface area contributed by atoms with Crippen molar-refractivity contribution in [3.05, 3.63) is 71.8 Å². The monoisotopic (exact) mass is 346 g/mol. The van der Waals surface area contributed by atoms with Crippen molar-refractivity contribution in [3.63, 3.8) is 0 Å². The predicted molar refractivity (Wildman–Crippen MR) is 95.2 cm³/mol. The van der Waals surface area contributed by atoms with Crippen LogP contribution in [0.3, 0.4) is 0 Å². The van der Waals surface area contributed by atoms with Gasteiger partial charge in [-0.05, 0) is 25.1 Å². The summed E-state index contributed by atoms with van der Waals surface area (Å²) in [7, 11) is -2.29. The molecule has 0 aliphatic rings. The highest BCUT2D eigenvalue weighted by molar-refractivity contribution is 7.90. The van der Waals surface area contributed by atoms with Gasteiger partial charge in [0, 0.05) is 12.0 Å². The first-order chi connectivity index (χ1) is 11.4. The molecule has 0 saturated heterocycles. The molecule has 0 radical (unpaired) electrons. The van der Waals surface area contributed by atoms with Crippen LogP contribution < -0.4 is 10.0 Å². The Balaban J connectivity index is 2.24. The van der Waals surface area contributed by atoms with Gasteiger partial charge in [0.05, 0.1) is 0 Å². The molecule has 0 fully saturated rings. The minimum absolute atomic E-state index is 0.305. The third-order valence-corrected chi connectivity index (χ3v) is 5.36. The first kappa shape index (κ1) is 18.2. The highest BCUT2D eigenvalue weighted by Crippen LogP contribution is 2.31. The molecule has 0 spiro atoms. The first-order valence-electron chi connectivity index (χ1n) is 7.66. The number of amides is 1. The predicted octanol–water partition coefficient (Wildman–Crippen LogP) is 1.66. The van der Waals surface area contributed by atoms with E-state index < -0.39 is 27.1 Å². The van der Waals surface area contributed by atoms with Crippen molar-refractivity contribution in [2.45, 2.75) is 12.3 Å². The second kappa shape index (κ2) is 7.59. The van der Waals surface area contributed by atoms with E-state index in [4.69, 9.17) is 0 Å². The molecule has 0 bridgehead atoms. The van der Waals surface area contributed by atoms with Crippen LogP contribution in [0.1, 0.15) is 18.1 Å². The van der Waals surface area contributed by atoms with Crippen LogP contribution in [0.2, 0.25) is 0 Å². The Morgan fingerprint density at radius 1 is 0.958 bits per heavy atom. The lowest BCUT2D eigenvalue weighted by Crippen LogP contribution is -2.42. The summed E-state index contributed by atoms with van der Waals surface area (Å²) < 4.78 is 25.1. The molecule has 6 heteroatoms. The zero-order chi connectivity index (χ0) is 17.6. The van der Waals surface area contributed by atoms with E-state index in [1.165, 1.54) is 7.05 Å². The number of carbonyl (C=O) groups is 1. The number of benzene rings is 2. The number of nitrogens with one attached hydrogen (secondary N) is 2. The lowest BCUT2D eigenvalue weighted by Gasteiger charge is -2.31. The second-order valence-electron chi connectivity index (χ2n) is 5.80. The molecule has 0 aliphatic carbocycles. The van der Waals surface area contributed by atoms with Crippen LogP contribution in [0.15, 0.2) is 60.7 Å². The van der Waals surface area contributed by atoms with Gasteiger partial charge in [0.1, 0.15) is 5.75 Å². The summed E-state index contributed by atoms with van der Waals surface area (Å²) in [5.74, 6) is -1.11. The normalized spacial score (nSPS) is 11.9. The Labute approximate surface area is 143 Å². The Bertz CT molecular complexity index is 735. The summed E-state index contributed by atoms with van der Waals surface area (Å²) in [5, 5.41) is 2.75. The molecule has 2 rings (SSSR count). The van der Waals surface area contributed by atoms with E-state index in [0.717, 1.165) is 11.1 Å². The minimum atomic E-state index is -3.58. The maximum Gasteiger partial charge on any atom is 0.236 e. The third-order valence-electron chi connectivity index (χ3n) is 4.09. The van der Waals surface area contributed by atoms with Crippen LogP contribution in [-0.4, -0.2) is 33.7 Å². The Morgan fingerprint density at radius 2 is 1.42 bits per heavy atom. The topological polar surface area (TPSA) is 75.3 Å². The average molecular weight is 346 g/mol. The van der Waals surface area contributed by atoms with Crippen molar-refractivity contribution in [2.75, 3.05) is 19.3 Å². The fourth-order valence-electron chi connectivity index (χ4n) is 2.55. The number of rotatable bonds is 7. The zero-order valence-electron chi connectivity index (χ0n) is 13.8. The average Bonchev–Trinajstić information content (AvgIpc) is 2.61. The summed E-state index contributed by atoms with van der Waals surface area (Å²) in [6.45, 7) is 2.34. The highest BCUT2D eigenvalue weighted by atomic mass is 32.2.